The zero-order chi connectivity index (χ0) is 26.2. The summed E-state index contributed by atoms with van der Waals surface area (Å²) in [7, 11) is 0. The molecule has 8 nitrogen and oxygen atoms in total. The number of benzene rings is 2. The van der Waals surface area contributed by atoms with Crippen molar-refractivity contribution in [2.24, 2.45) is 0 Å². The molecule has 2 aromatic carbocycles. The average molecular weight is 524 g/mol. The van der Waals surface area contributed by atoms with Crippen molar-refractivity contribution in [2.45, 2.75) is 25.6 Å². The van der Waals surface area contributed by atoms with Gasteiger partial charge in [0, 0.05) is 41.6 Å². The Hall–Kier alpha value is -4.56. The second kappa shape index (κ2) is 9.72. The van der Waals surface area contributed by atoms with Crippen molar-refractivity contribution in [1.29, 1.82) is 0 Å². The van der Waals surface area contributed by atoms with Crippen LogP contribution < -0.4 is 10.2 Å². The molecule has 3 amide bonds. The number of carbonyl (C=O) groups is 3. The van der Waals surface area contributed by atoms with Crippen LogP contribution in [0.4, 0.5) is 11.5 Å². The van der Waals surface area contributed by atoms with Crippen molar-refractivity contribution in [3.63, 3.8) is 0 Å². The summed E-state index contributed by atoms with van der Waals surface area (Å²) in [6.45, 7) is 0.559. The van der Waals surface area contributed by atoms with E-state index < -0.39 is 6.04 Å². The molecular formula is C29H22ClN5O3. The second-order valence-electron chi connectivity index (χ2n) is 9.22. The minimum absolute atomic E-state index is 0.116. The molecule has 0 aliphatic carbocycles. The SMILES string of the molecule is O=C1Nc2cc(Cl)ccc2C(=O)N(Cc2ccc3c(c2)CN(c2ccccn2)C3=O)C1Cc1ccccn1. The van der Waals surface area contributed by atoms with E-state index in [1.165, 1.54) is 0 Å². The van der Waals surface area contributed by atoms with Gasteiger partial charge in [0.05, 0.1) is 17.8 Å². The Morgan fingerprint density at radius 1 is 0.868 bits per heavy atom. The first kappa shape index (κ1) is 23.8. The van der Waals surface area contributed by atoms with E-state index in [9.17, 15) is 14.4 Å². The van der Waals surface area contributed by atoms with Crippen LogP contribution in [-0.2, 0) is 24.3 Å². The third-order valence-corrected chi connectivity index (χ3v) is 7.03. The molecule has 1 unspecified atom stereocenters. The number of amides is 3. The summed E-state index contributed by atoms with van der Waals surface area (Å²) in [5.41, 5.74) is 3.70. The van der Waals surface area contributed by atoms with Crippen molar-refractivity contribution < 1.29 is 14.4 Å². The molecule has 6 rings (SSSR count). The molecule has 0 saturated carbocycles. The van der Waals surface area contributed by atoms with E-state index in [2.05, 4.69) is 15.3 Å². The minimum atomic E-state index is -0.802. The quantitative estimate of drug-likeness (QED) is 0.415. The maximum absolute atomic E-state index is 13.8. The van der Waals surface area contributed by atoms with Crippen molar-refractivity contribution in [3.05, 3.63) is 118 Å². The summed E-state index contributed by atoms with van der Waals surface area (Å²) in [5, 5.41) is 3.30. The number of carbonyl (C=O) groups excluding carboxylic acids is 3. The summed E-state index contributed by atoms with van der Waals surface area (Å²) >= 11 is 6.16. The van der Waals surface area contributed by atoms with Gasteiger partial charge in [0.25, 0.3) is 11.8 Å². The fourth-order valence-corrected chi connectivity index (χ4v) is 5.10. The molecule has 188 valence electrons. The standard InChI is InChI=1S/C29H22ClN5O3/c30-20-8-10-23-24(14-20)33-27(36)25(15-21-5-1-3-11-31-21)34(29(23)38)16-18-7-9-22-19(13-18)17-35(28(22)37)26-6-2-4-12-32-26/h1-14,25H,15-17H2,(H,33,36). The Balaban J connectivity index is 1.34. The summed E-state index contributed by atoms with van der Waals surface area (Å²) < 4.78 is 0. The van der Waals surface area contributed by atoms with Crippen LogP contribution in [0.25, 0.3) is 0 Å². The molecule has 38 heavy (non-hydrogen) atoms. The lowest BCUT2D eigenvalue weighted by atomic mass is 10.0. The number of hydrogen-bond donors (Lipinski definition) is 1. The van der Waals surface area contributed by atoms with Gasteiger partial charge >= 0.3 is 0 Å². The number of hydrogen-bond acceptors (Lipinski definition) is 5. The number of fused-ring (bicyclic) bond motifs is 2. The summed E-state index contributed by atoms with van der Waals surface area (Å²) in [6.07, 6.45) is 3.56. The zero-order valence-electron chi connectivity index (χ0n) is 20.2. The van der Waals surface area contributed by atoms with Crippen molar-refractivity contribution in [3.8, 4) is 0 Å². The first-order chi connectivity index (χ1) is 18.5. The molecule has 2 aliphatic rings. The normalized spacial score (nSPS) is 16.7. The van der Waals surface area contributed by atoms with E-state index >= 15 is 0 Å². The van der Waals surface area contributed by atoms with E-state index in [0.29, 0.717) is 39.9 Å². The van der Waals surface area contributed by atoms with Gasteiger partial charge in [-0.05, 0) is 59.7 Å². The molecule has 4 aromatic rings. The topological polar surface area (TPSA) is 95.5 Å². The molecule has 0 bridgehead atoms. The predicted molar refractivity (Wildman–Crippen MR) is 143 cm³/mol. The van der Waals surface area contributed by atoms with Crippen LogP contribution in [0.1, 0.15) is 37.5 Å². The van der Waals surface area contributed by atoms with Gasteiger partial charge in [0.2, 0.25) is 5.91 Å². The van der Waals surface area contributed by atoms with Gasteiger partial charge < -0.3 is 10.2 Å². The molecule has 0 spiro atoms. The Morgan fingerprint density at radius 3 is 2.42 bits per heavy atom. The van der Waals surface area contributed by atoms with Crippen LogP contribution in [0.2, 0.25) is 5.02 Å². The summed E-state index contributed by atoms with van der Waals surface area (Å²) in [6, 6.07) is 20.5. The molecule has 1 N–H and O–H groups in total. The third kappa shape index (κ3) is 4.39. The third-order valence-electron chi connectivity index (χ3n) is 6.79. The van der Waals surface area contributed by atoms with E-state index in [4.69, 9.17) is 11.6 Å². The smallest absolute Gasteiger partial charge is 0.260 e. The first-order valence-electron chi connectivity index (χ1n) is 12.1. The fourth-order valence-electron chi connectivity index (χ4n) is 4.93. The van der Waals surface area contributed by atoms with E-state index in [1.807, 2.05) is 30.3 Å². The fraction of sp³-hybridized carbons (Fsp3) is 0.138. The number of nitrogens with zero attached hydrogens (tertiary/aromatic N) is 4. The molecule has 0 saturated heterocycles. The molecule has 0 radical (unpaired) electrons. The molecule has 2 aliphatic heterocycles. The number of anilines is 2. The minimum Gasteiger partial charge on any atom is -0.323 e. The van der Waals surface area contributed by atoms with Crippen LogP contribution in [0.3, 0.4) is 0 Å². The van der Waals surface area contributed by atoms with Crippen LogP contribution in [-0.4, -0.2) is 38.6 Å². The number of halogens is 1. The van der Waals surface area contributed by atoms with Crippen LogP contribution in [0, 0.1) is 0 Å². The Bertz CT molecular complexity index is 1560. The van der Waals surface area contributed by atoms with E-state index in [1.54, 1.807) is 64.7 Å². The van der Waals surface area contributed by atoms with Gasteiger partial charge in [-0.2, -0.15) is 0 Å². The number of nitrogens with one attached hydrogen (secondary N) is 1. The highest BCUT2D eigenvalue weighted by Gasteiger charge is 2.36. The highest BCUT2D eigenvalue weighted by atomic mass is 35.5. The molecule has 4 heterocycles. The maximum Gasteiger partial charge on any atom is 0.260 e. The molecule has 1 atom stereocenters. The Morgan fingerprint density at radius 2 is 1.66 bits per heavy atom. The van der Waals surface area contributed by atoms with Crippen molar-refractivity contribution in [2.75, 3.05) is 10.2 Å². The largest absolute Gasteiger partial charge is 0.323 e. The highest BCUT2D eigenvalue weighted by molar-refractivity contribution is 6.31. The zero-order valence-corrected chi connectivity index (χ0v) is 20.9. The number of aromatic nitrogens is 2. The molecular weight excluding hydrogens is 502 g/mol. The van der Waals surface area contributed by atoms with Gasteiger partial charge in [-0.3, -0.25) is 24.3 Å². The number of rotatable bonds is 5. The van der Waals surface area contributed by atoms with Gasteiger partial charge in [0.1, 0.15) is 11.9 Å². The monoisotopic (exact) mass is 523 g/mol. The molecule has 0 fully saturated rings. The van der Waals surface area contributed by atoms with Gasteiger partial charge in [0.15, 0.2) is 0 Å². The maximum atomic E-state index is 13.8. The van der Waals surface area contributed by atoms with Gasteiger partial charge in [-0.25, -0.2) is 4.98 Å². The lowest BCUT2D eigenvalue weighted by Gasteiger charge is -2.29. The van der Waals surface area contributed by atoms with Gasteiger partial charge in [-0.1, -0.05) is 35.9 Å². The Labute approximate surface area is 223 Å². The summed E-state index contributed by atoms with van der Waals surface area (Å²) in [5.74, 6) is -0.139. The van der Waals surface area contributed by atoms with E-state index in [-0.39, 0.29) is 30.7 Å². The highest BCUT2D eigenvalue weighted by Crippen LogP contribution is 2.31. The van der Waals surface area contributed by atoms with Crippen LogP contribution in [0.15, 0.2) is 85.2 Å². The van der Waals surface area contributed by atoms with Crippen molar-refractivity contribution in [1.82, 2.24) is 14.9 Å². The molecule has 9 heteroatoms. The average Bonchev–Trinajstić information content (AvgIpc) is 3.22. The van der Waals surface area contributed by atoms with Gasteiger partial charge in [-0.15, -0.1) is 0 Å². The number of pyridine rings is 2. The lowest BCUT2D eigenvalue weighted by molar-refractivity contribution is -0.120. The van der Waals surface area contributed by atoms with Crippen molar-refractivity contribution >= 4 is 40.8 Å². The van der Waals surface area contributed by atoms with E-state index in [0.717, 1.165) is 11.1 Å². The second-order valence-corrected chi connectivity index (χ2v) is 9.66. The van der Waals surface area contributed by atoms with Crippen LogP contribution >= 0.6 is 11.6 Å². The first-order valence-corrected chi connectivity index (χ1v) is 12.5. The van der Waals surface area contributed by atoms with Crippen LogP contribution in [0.5, 0.6) is 0 Å². The Kier molecular flexibility index (Phi) is 6.09. The summed E-state index contributed by atoms with van der Waals surface area (Å²) in [4.78, 5) is 52.1. The predicted octanol–water partition coefficient (Wildman–Crippen LogP) is 4.50. The lowest BCUT2D eigenvalue weighted by Crippen LogP contribution is -2.46. The molecule has 2 aromatic heterocycles.